The van der Waals surface area contributed by atoms with Gasteiger partial charge in [0.05, 0.1) is 24.4 Å². The van der Waals surface area contributed by atoms with Crippen LogP contribution < -0.4 is 15.0 Å². The number of nitrogens with zero attached hydrogens (tertiary/aromatic N) is 2. The van der Waals surface area contributed by atoms with Gasteiger partial charge in [-0.05, 0) is 60.3 Å². The van der Waals surface area contributed by atoms with E-state index in [4.69, 9.17) is 17.0 Å². The normalized spacial score (nSPS) is 17.4. The second-order valence-corrected chi connectivity index (χ2v) is 7.16. The van der Waals surface area contributed by atoms with Crippen molar-refractivity contribution in [2.24, 2.45) is 10.9 Å². The highest BCUT2D eigenvalue weighted by Crippen LogP contribution is 2.26. The third-order valence-electron chi connectivity index (χ3n) is 4.90. The summed E-state index contributed by atoms with van der Waals surface area (Å²) >= 11 is 5.32. The quantitative estimate of drug-likeness (QED) is 0.757. The summed E-state index contributed by atoms with van der Waals surface area (Å²) in [6.45, 7) is 0.401. The first-order chi connectivity index (χ1) is 14.6. The summed E-state index contributed by atoms with van der Waals surface area (Å²) < 4.78 is 5.13. The van der Waals surface area contributed by atoms with Crippen LogP contribution >= 0.6 is 12.2 Å². The second kappa shape index (κ2) is 8.42. The minimum absolute atomic E-state index is 0.151. The molecule has 4 rings (SSSR count). The highest BCUT2D eigenvalue weighted by Gasteiger charge is 2.34. The standard InChI is InChI=1S/C23H19N3O3S/c1-29-18-12-6-15(7-13-18)14-24-21(27)16-8-10-17(11-9-16)26-22(28)19-4-2-3-5-20(19)25-23(26)30/h2-13,19H,14H2,1H3,(H,24,27). The summed E-state index contributed by atoms with van der Waals surface area (Å²) in [4.78, 5) is 31.1. The third kappa shape index (κ3) is 3.92. The van der Waals surface area contributed by atoms with Crippen LogP contribution in [0.25, 0.3) is 0 Å². The molecule has 0 aromatic heterocycles. The highest BCUT2D eigenvalue weighted by atomic mass is 32.1. The average molecular weight is 417 g/mol. The van der Waals surface area contributed by atoms with Gasteiger partial charge < -0.3 is 10.1 Å². The van der Waals surface area contributed by atoms with E-state index in [0.717, 1.165) is 11.3 Å². The van der Waals surface area contributed by atoms with Crippen molar-refractivity contribution in [3.8, 4) is 5.75 Å². The Morgan fingerprint density at radius 2 is 1.87 bits per heavy atom. The van der Waals surface area contributed by atoms with Crippen molar-refractivity contribution in [1.82, 2.24) is 5.32 Å². The van der Waals surface area contributed by atoms with E-state index in [1.807, 2.05) is 36.4 Å². The van der Waals surface area contributed by atoms with Gasteiger partial charge in [0.2, 0.25) is 11.0 Å². The number of benzene rings is 2. The zero-order valence-corrected chi connectivity index (χ0v) is 17.1. The monoisotopic (exact) mass is 417 g/mol. The van der Waals surface area contributed by atoms with E-state index in [1.54, 1.807) is 43.5 Å². The van der Waals surface area contributed by atoms with Crippen molar-refractivity contribution in [1.29, 1.82) is 0 Å². The Morgan fingerprint density at radius 3 is 2.57 bits per heavy atom. The molecule has 1 aliphatic heterocycles. The van der Waals surface area contributed by atoms with Gasteiger partial charge in [-0.3, -0.25) is 14.5 Å². The number of fused-ring (bicyclic) bond motifs is 1. The van der Waals surface area contributed by atoms with Crippen LogP contribution in [-0.4, -0.2) is 29.7 Å². The lowest BCUT2D eigenvalue weighted by atomic mass is 9.95. The molecule has 2 aromatic carbocycles. The molecule has 6 nitrogen and oxygen atoms in total. The van der Waals surface area contributed by atoms with Crippen molar-refractivity contribution in [3.63, 3.8) is 0 Å². The van der Waals surface area contributed by atoms with E-state index >= 15 is 0 Å². The van der Waals surface area contributed by atoms with Gasteiger partial charge in [0.1, 0.15) is 5.75 Å². The smallest absolute Gasteiger partial charge is 0.251 e. The van der Waals surface area contributed by atoms with E-state index in [2.05, 4.69) is 10.3 Å². The molecule has 0 saturated heterocycles. The molecule has 1 N–H and O–H groups in total. The molecule has 1 aliphatic carbocycles. The van der Waals surface area contributed by atoms with Crippen molar-refractivity contribution >= 4 is 40.5 Å². The Labute approximate surface area is 179 Å². The minimum Gasteiger partial charge on any atom is -0.497 e. The Balaban J connectivity index is 1.44. The molecule has 0 fully saturated rings. The number of carbonyl (C=O) groups excluding carboxylic acids is 2. The van der Waals surface area contributed by atoms with E-state index in [9.17, 15) is 9.59 Å². The molecule has 1 unspecified atom stereocenters. The van der Waals surface area contributed by atoms with Crippen LogP contribution in [0.1, 0.15) is 15.9 Å². The number of aliphatic imine (C=N–C) groups is 1. The van der Waals surface area contributed by atoms with Crippen LogP contribution in [0.3, 0.4) is 0 Å². The number of carbonyl (C=O) groups is 2. The van der Waals surface area contributed by atoms with Gasteiger partial charge in [-0.15, -0.1) is 0 Å². The number of thiocarbonyl (C=S) groups is 1. The second-order valence-electron chi connectivity index (χ2n) is 6.79. The van der Waals surface area contributed by atoms with Gasteiger partial charge in [-0.25, -0.2) is 4.99 Å². The van der Waals surface area contributed by atoms with E-state index in [1.165, 1.54) is 4.90 Å². The molecule has 0 bridgehead atoms. The molecular formula is C23H19N3O3S. The fourth-order valence-electron chi connectivity index (χ4n) is 3.27. The first-order valence-corrected chi connectivity index (χ1v) is 9.80. The summed E-state index contributed by atoms with van der Waals surface area (Å²) in [6, 6.07) is 14.2. The minimum atomic E-state index is -0.436. The SMILES string of the molecule is COc1ccc(CNC(=O)c2ccc(N3C(=O)C4C=CC=CC4=NC3=S)cc2)cc1. The number of rotatable bonds is 5. The number of methoxy groups -OCH3 is 1. The Hall–Kier alpha value is -3.58. The number of amides is 2. The molecule has 0 radical (unpaired) electrons. The van der Waals surface area contributed by atoms with Crippen LogP contribution in [0.5, 0.6) is 5.75 Å². The molecule has 0 spiro atoms. The fourth-order valence-corrected chi connectivity index (χ4v) is 3.57. The molecule has 1 heterocycles. The van der Waals surface area contributed by atoms with Gasteiger partial charge in [0, 0.05) is 12.1 Å². The Morgan fingerprint density at radius 1 is 1.13 bits per heavy atom. The molecule has 150 valence electrons. The predicted molar refractivity (Wildman–Crippen MR) is 120 cm³/mol. The number of ether oxygens (including phenoxy) is 1. The van der Waals surface area contributed by atoms with Crippen LogP contribution in [0.15, 0.2) is 77.8 Å². The molecular weight excluding hydrogens is 398 g/mol. The van der Waals surface area contributed by atoms with Crippen molar-refractivity contribution in [3.05, 3.63) is 84.0 Å². The molecule has 2 amide bonds. The van der Waals surface area contributed by atoms with Gasteiger partial charge >= 0.3 is 0 Å². The summed E-state index contributed by atoms with van der Waals surface area (Å²) in [6.07, 6.45) is 7.25. The Kier molecular flexibility index (Phi) is 5.54. The van der Waals surface area contributed by atoms with Gasteiger partial charge in [0.15, 0.2) is 0 Å². The van der Waals surface area contributed by atoms with Crippen molar-refractivity contribution in [2.45, 2.75) is 6.54 Å². The lowest BCUT2D eigenvalue weighted by Crippen LogP contribution is -2.46. The fraction of sp³-hybridized carbons (Fsp3) is 0.130. The van der Waals surface area contributed by atoms with Gasteiger partial charge in [0.25, 0.3) is 5.91 Å². The summed E-state index contributed by atoms with van der Waals surface area (Å²) in [5.41, 5.74) is 2.70. The summed E-state index contributed by atoms with van der Waals surface area (Å²) in [5.74, 6) is -0.0240. The highest BCUT2D eigenvalue weighted by molar-refractivity contribution is 7.80. The zero-order chi connectivity index (χ0) is 21.1. The van der Waals surface area contributed by atoms with E-state index in [0.29, 0.717) is 23.5 Å². The van der Waals surface area contributed by atoms with Crippen molar-refractivity contribution < 1.29 is 14.3 Å². The molecule has 0 saturated carbocycles. The maximum atomic E-state index is 12.9. The van der Waals surface area contributed by atoms with Crippen LogP contribution in [0.4, 0.5) is 5.69 Å². The van der Waals surface area contributed by atoms with E-state index in [-0.39, 0.29) is 16.9 Å². The molecule has 1 atom stereocenters. The maximum Gasteiger partial charge on any atom is 0.251 e. The lowest BCUT2D eigenvalue weighted by Gasteiger charge is -2.30. The number of anilines is 1. The average Bonchev–Trinajstić information content (AvgIpc) is 2.78. The zero-order valence-electron chi connectivity index (χ0n) is 16.2. The number of allylic oxidation sites excluding steroid dienone is 3. The molecule has 2 aliphatic rings. The summed E-state index contributed by atoms with van der Waals surface area (Å²) in [7, 11) is 1.61. The maximum absolute atomic E-state index is 12.9. The number of hydrogen-bond acceptors (Lipinski definition) is 4. The van der Waals surface area contributed by atoms with Gasteiger partial charge in [-0.2, -0.15) is 0 Å². The molecule has 2 aromatic rings. The first-order valence-electron chi connectivity index (χ1n) is 9.39. The van der Waals surface area contributed by atoms with Crippen LogP contribution in [0.2, 0.25) is 0 Å². The topological polar surface area (TPSA) is 71.0 Å². The predicted octanol–water partition coefficient (Wildman–Crippen LogP) is 3.44. The van der Waals surface area contributed by atoms with E-state index < -0.39 is 5.92 Å². The third-order valence-corrected chi connectivity index (χ3v) is 5.18. The van der Waals surface area contributed by atoms with Crippen LogP contribution in [-0.2, 0) is 11.3 Å². The van der Waals surface area contributed by atoms with Crippen LogP contribution in [0, 0.1) is 5.92 Å². The largest absolute Gasteiger partial charge is 0.497 e. The van der Waals surface area contributed by atoms with Gasteiger partial charge in [-0.1, -0.05) is 30.4 Å². The summed E-state index contributed by atoms with van der Waals surface area (Å²) in [5, 5.41) is 3.08. The molecule has 30 heavy (non-hydrogen) atoms. The Bertz CT molecular complexity index is 1090. The first kappa shape index (κ1) is 19.7. The lowest BCUT2D eigenvalue weighted by molar-refractivity contribution is -0.118. The van der Waals surface area contributed by atoms with Crippen molar-refractivity contribution in [2.75, 3.05) is 12.0 Å². The number of hydrogen-bond donors (Lipinski definition) is 1. The molecule has 7 heteroatoms. The number of nitrogens with one attached hydrogen (secondary N) is 1.